The minimum atomic E-state index is 0.224. The van der Waals surface area contributed by atoms with E-state index in [0.29, 0.717) is 0 Å². The Kier molecular flexibility index (Phi) is 3.80. The van der Waals surface area contributed by atoms with Crippen molar-refractivity contribution < 1.29 is 4.42 Å². The molecule has 2 aromatic rings. The Morgan fingerprint density at radius 1 is 1.25 bits per heavy atom. The minimum Gasteiger partial charge on any atom is -0.468 e. The van der Waals surface area contributed by atoms with E-state index in [4.69, 9.17) is 4.42 Å². The Labute approximate surface area is 104 Å². The van der Waals surface area contributed by atoms with Crippen LogP contribution in [0.3, 0.4) is 0 Å². The average Bonchev–Trinajstić information content (AvgIpc) is 2.81. The molecule has 1 aromatic heterocycles. The smallest absolute Gasteiger partial charge is 0.120 e. The summed E-state index contributed by atoms with van der Waals surface area (Å²) in [6.07, 6.45) is 1.70. The molecule has 1 heterocycles. The molecule has 0 amide bonds. The number of hydrogen-bond donors (Lipinski definition) is 1. The molecule has 84 valence electrons. The van der Waals surface area contributed by atoms with E-state index in [-0.39, 0.29) is 6.04 Å². The van der Waals surface area contributed by atoms with Crippen molar-refractivity contribution in [1.82, 2.24) is 5.32 Å². The van der Waals surface area contributed by atoms with Crippen LogP contribution < -0.4 is 5.32 Å². The van der Waals surface area contributed by atoms with Gasteiger partial charge in [0, 0.05) is 11.0 Å². The van der Waals surface area contributed by atoms with Crippen molar-refractivity contribution in [3.63, 3.8) is 0 Å². The highest BCUT2D eigenvalue weighted by Gasteiger charge is 2.07. The van der Waals surface area contributed by atoms with Crippen LogP contribution >= 0.6 is 15.9 Å². The molecule has 0 aliphatic rings. The van der Waals surface area contributed by atoms with Gasteiger partial charge in [0.1, 0.15) is 5.76 Å². The van der Waals surface area contributed by atoms with Gasteiger partial charge in [0.25, 0.3) is 0 Å². The fraction of sp³-hybridized carbons (Fsp3) is 0.231. The Morgan fingerprint density at radius 2 is 2.06 bits per heavy atom. The Balaban J connectivity index is 1.95. The van der Waals surface area contributed by atoms with Gasteiger partial charge in [-0.05, 0) is 30.7 Å². The number of hydrogen-bond acceptors (Lipinski definition) is 2. The van der Waals surface area contributed by atoms with Crippen molar-refractivity contribution in [3.05, 3.63) is 58.5 Å². The van der Waals surface area contributed by atoms with E-state index < -0.39 is 0 Å². The SMILES string of the molecule is C[C@@H](NCc1ccccc1Br)c1ccco1. The summed E-state index contributed by atoms with van der Waals surface area (Å²) in [5.74, 6) is 0.965. The van der Waals surface area contributed by atoms with Crippen LogP contribution in [0.2, 0.25) is 0 Å². The first-order valence-corrected chi connectivity index (χ1v) is 6.07. The normalized spacial score (nSPS) is 12.6. The minimum absolute atomic E-state index is 0.224. The highest BCUT2D eigenvalue weighted by atomic mass is 79.9. The predicted molar refractivity (Wildman–Crippen MR) is 68.1 cm³/mol. The van der Waals surface area contributed by atoms with E-state index in [9.17, 15) is 0 Å². The zero-order valence-electron chi connectivity index (χ0n) is 9.11. The summed E-state index contributed by atoms with van der Waals surface area (Å²) in [7, 11) is 0. The summed E-state index contributed by atoms with van der Waals surface area (Å²) in [4.78, 5) is 0. The highest BCUT2D eigenvalue weighted by Crippen LogP contribution is 2.18. The lowest BCUT2D eigenvalue weighted by Gasteiger charge is -2.12. The molecule has 1 aromatic carbocycles. The van der Waals surface area contributed by atoms with Gasteiger partial charge in [0.15, 0.2) is 0 Å². The first kappa shape index (κ1) is 11.4. The topological polar surface area (TPSA) is 25.2 Å². The van der Waals surface area contributed by atoms with Crippen molar-refractivity contribution in [3.8, 4) is 0 Å². The molecule has 0 saturated carbocycles. The van der Waals surface area contributed by atoms with Crippen LogP contribution in [0.25, 0.3) is 0 Å². The van der Waals surface area contributed by atoms with Gasteiger partial charge in [0.05, 0.1) is 12.3 Å². The molecule has 0 aliphatic carbocycles. The van der Waals surface area contributed by atoms with Gasteiger partial charge in [-0.1, -0.05) is 34.1 Å². The number of benzene rings is 1. The molecule has 0 unspecified atom stereocenters. The Hall–Kier alpha value is -1.06. The van der Waals surface area contributed by atoms with Crippen molar-refractivity contribution in [2.24, 2.45) is 0 Å². The standard InChI is InChI=1S/C13H14BrNO/c1-10(13-7-4-8-16-13)15-9-11-5-2-3-6-12(11)14/h2-8,10,15H,9H2,1H3/t10-/m1/s1. The fourth-order valence-electron chi connectivity index (χ4n) is 1.54. The van der Waals surface area contributed by atoms with Crippen LogP contribution in [-0.4, -0.2) is 0 Å². The summed E-state index contributed by atoms with van der Waals surface area (Å²) in [6.45, 7) is 2.92. The van der Waals surface area contributed by atoms with Gasteiger partial charge in [-0.25, -0.2) is 0 Å². The second kappa shape index (κ2) is 5.32. The number of rotatable bonds is 4. The monoisotopic (exact) mass is 279 g/mol. The van der Waals surface area contributed by atoms with Gasteiger partial charge < -0.3 is 9.73 Å². The maximum Gasteiger partial charge on any atom is 0.120 e. The molecule has 2 nitrogen and oxygen atoms in total. The molecule has 1 atom stereocenters. The zero-order chi connectivity index (χ0) is 11.4. The maximum absolute atomic E-state index is 5.34. The molecule has 16 heavy (non-hydrogen) atoms. The lowest BCUT2D eigenvalue weighted by Crippen LogP contribution is -2.17. The van der Waals surface area contributed by atoms with E-state index in [1.807, 2.05) is 24.3 Å². The van der Waals surface area contributed by atoms with Crippen molar-refractivity contribution in [1.29, 1.82) is 0 Å². The second-order valence-electron chi connectivity index (χ2n) is 3.71. The molecule has 3 heteroatoms. The summed E-state index contributed by atoms with van der Waals surface area (Å²) < 4.78 is 6.47. The summed E-state index contributed by atoms with van der Waals surface area (Å²) in [5, 5.41) is 3.42. The average molecular weight is 280 g/mol. The van der Waals surface area contributed by atoms with E-state index in [1.54, 1.807) is 6.26 Å². The molecule has 2 rings (SSSR count). The largest absolute Gasteiger partial charge is 0.468 e. The predicted octanol–water partition coefficient (Wildman–Crippen LogP) is 3.89. The highest BCUT2D eigenvalue weighted by molar-refractivity contribution is 9.10. The van der Waals surface area contributed by atoms with Crippen LogP contribution in [-0.2, 0) is 6.54 Å². The van der Waals surface area contributed by atoms with Crippen LogP contribution in [0.5, 0.6) is 0 Å². The van der Waals surface area contributed by atoms with Crippen LogP contribution in [0.1, 0.15) is 24.3 Å². The van der Waals surface area contributed by atoms with Gasteiger partial charge in [-0.2, -0.15) is 0 Å². The van der Waals surface area contributed by atoms with Crippen LogP contribution in [0, 0.1) is 0 Å². The fourth-order valence-corrected chi connectivity index (χ4v) is 1.97. The molecule has 0 radical (unpaired) electrons. The lowest BCUT2D eigenvalue weighted by molar-refractivity contribution is 0.430. The number of halogens is 1. The first-order valence-electron chi connectivity index (χ1n) is 5.27. The van der Waals surface area contributed by atoms with Gasteiger partial charge in [-0.3, -0.25) is 0 Å². The maximum atomic E-state index is 5.34. The third-order valence-corrected chi connectivity index (χ3v) is 3.30. The molecule has 0 saturated heterocycles. The second-order valence-corrected chi connectivity index (χ2v) is 4.56. The van der Waals surface area contributed by atoms with E-state index in [2.05, 4.69) is 40.3 Å². The molecular weight excluding hydrogens is 266 g/mol. The summed E-state index contributed by atoms with van der Waals surface area (Å²) >= 11 is 3.53. The molecule has 0 aliphatic heterocycles. The zero-order valence-corrected chi connectivity index (χ0v) is 10.7. The van der Waals surface area contributed by atoms with Gasteiger partial charge in [0.2, 0.25) is 0 Å². The molecule has 0 bridgehead atoms. The lowest BCUT2D eigenvalue weighted by atomic mass is 10.2. The van der Waals surface area contributed by atoms with Crippen molar-refractivity contribution in [2.75, 3.05) is 0 Å². The summed E-state index contributed by atoms with van der Waals surface area (Å²) in [6, 6.07) is 12.3. The third-order valence-electron chi connectivity index (χ3n) is 2.53. The van der Waals surface area contributed by atoms with Crippen LogP contribution in [0.15, 0.2) is 51.6 Å². The van der Waals surface area contributed by atoms with Crippen molar-refractivity contribution in [2.45, 2.75) is 19.5 Å². The molecular formula is C13H14BrNO. The first-order chi connectivity index (χ1) is 7.77. The molecule has 0 fully saturated rings. The Morgan fingerprint density at radius 3 is 2.75 bits per heavy atom. The third kappa shape index (κ3) is 2.74. The quantitative estimate of drug-likeness (QED) is 0.919. The summed E-state index contributed by atoms with van der Waals surface area (Å²) in [5.41, 5.74) is 1.25. The van der Waals surface area contributed by atoms with E-state index in [1.165, 1.54) is 5.56 Å². The van der Waals surface area contributed by atoms with Gasteiger partial charge in [-0.15, -0.1) is 0 Å². The number of furan rings is 1. The number of nitrogens with one attached hydrogen (secondary N) is 1. The van der Waals surface area contributed by atoms with Crippen LogP contribution in [0.4, 0.5) is 0 Å². The van der Waals surface area contributed by atoms with E-state index >= 15 is 0 Å². The Bertz CT molecular complexity index is 439. The van der Waals surface area contributed by atoms with Crippen molar-refractivity contribution >= 4 is 15.9 Å². The molecule has 0 spiro atoms. The van der Waals surface area contributed by atoms with E-state index in [0.717, 1.165) is 16.8 Å². The van der Waals surface area contributed by atoms with Gasteiger partial charge >= 0.3 is 0 Å². The molecule has 1 N–H and O–H groups in total.